The standard InChI is InChI=1S/C16H21N3O3/c1-16(2,3)22-15(20)19-8-12-13(9-19)21-14(18-12)10-4-6-11(17)7-5-10/h4-7,12-13H,8-9,17H2,1-3H3. The Kier molecular flexibility index (Phi) is 3.47. The predicted molar refractivity (Wildman–Crippen MR) is 83.9 cm³/mol. The number of fused-ring (bicyclic) bond motifs is 1. The molecule has 0 aliphatic carbocycles. The fourth-order valence-corrected chi connectivity index (χ4v) is 2.56. The quantitative estimate of drug-likeness (QED) is 0.805. The van der Waals surface area contributed by atoms with Crippen molar-refractivity contribution in [3.05, 3.63) is 29.8 Å². The van der Waals surface area contributed by atoms with Gasteiger partial charge >= 0.3 is 6.09 Å². The second kappa shape index (κ2) is 5.19. The van der Waals surface area contributed by atoms with E-state index < -0.39 is 5.60 Å². The van der Waals surface area contributed by atoms with Crippen LogP contribution < -0.4 is 5.73 Å². The van der Waals surface area contributed by atoms with E-state index in [9.17, 15) is 4.79 Å². The number of benzene rings is 1. The van der Waals surface area contributed by atoms with Gasteiger partial charge in [0.25, 0.3) is 0 Å². The summed E-state index contributed by atoms with van der Waals surface area (Å²) in [7, 11) is 0. The smallest absolute Gasteiger partial charge is 0.410 e. The van der Waals surface area contributed by atoms with Crippen LogP contribution in [0, 0.1) is 0 Å². The van der Waals surface area contributed by atoms with E-state index in [2.05, 4.69) is 4.99 Å². The molecule has 2 heterocycles. The first-order valence-electron chi connectivity index (χ1n) is 7.40. The van der Waals surface area contributed by atoms with Gasteiger partial charge in [0.05, 0.1) is 13.1 Å². The van der Waals surface area contributed by atoms with Crippen LogP contribution in [0.15, 0.2) is 29.3 Å². The number of nitrogens with zero attached hydrogens (tertiary/aromatic N) is 2. The zero-order valence-electron chi connectivity index (χ0n) is 13.1. The molecule has 2 unspecified atom stereocenters. The van der Waals surface area contributed by atoms with Crippen molar-refractivity contribution in [1.82, 2.24) is 4.90 Å². The molecule has 2 aliphatic heterocycles. The van der Waals surface area contributed by atoms with Crippen molar-refractivity contribution in [3.8, 4) is 0 Å². The van der Waals surface area contributed by atoms with Gasteiger partial charge in [0.2, 0.25) is 5.90 Å². The van der Waals surface area contributed by atoms with Gasteiger partial charge in [-0.1, -0.05) is 0 Å². The highest BCUT2D eigenvalue weighted by Crippen LogP contribution is 2.26. The summed E-state index contributed by atoms with van der Waals surface area (Å²) in [6.07, 6.45) is -0.408. The molecule has 2 aliphatic rings. The SMILES string of the molecule is CC(C)(C)OC(=O)N1CC2N=C(c3ccc(N)cc3)OC2C1. The van der Waals surface area contributed by atoms with Crippen molar-refractivity contribution >= 4 is 17.7 Å². The van der Waals surface area contributed by atoms with Crippen LogP contribution in [0.4, 0.5) is 10.5 Å². The van der Waals surface area contributed by atoms with Crippen LogP contribution in [-0.2, 0) is 9.47 Å². The van der Waals surface area contributed by atoms with Crippen molar-refractivity contribution in [1.29, 1.82) is 0 Å². The molecular formula is C16H21N3O3. The number of ether oxygens (including phenoxy) is 2. The Morgan fingerprint density at radius 3 is 2.59 bits per heavy atom. The molecule has 1 aromatic carbocycles. The molecule has 118 valence electrons. The first kappa shape index (κ1) is 14.7. The van der Waals surface area contributed by atoms with Crippen molar-refractivity contribution < 1.29 is 14.3 Å². The van der Waals surface area contributed by atoms with Gasteiger partial charge in [0.1, 0.15) is 17.7 Å². The van der Waals surface area contributed by atoms with Gasteiger partial charge in [0.15, 0.2) is 0 Å². The summed E-state index contributed by atoms with van der Waals surface area (Å²) in [5.41, 5.74) is 6.81. The number of nitrogens with two attached hydrogens (primary N) is 1. The number of nitrogen functional groups attached to an aromatic ring is 1. The summed E-state index contributed by atoms with van der Waals surface area (Å²) in [5, 5.41) is 0. The third-order valence-electron chi connectivity index (χ3n) is 3.59. The van der Waals surface area contributed by atoms with E-state index in [4.69, 9.17) is 15.2 Å². The second-order valence-electron chi connectivity index (χ2n) is 6.67. The fraction of sp³-hybridized carbons (Fsp3) is 0.500. The lowest BCUT2D eigenvalue weighted by Gasteiger charge is -2.24. The molecule has 6 nitrogen and oxygen atoms in total. The van der Waals surface area contributed by atoms with Crippen LogP contribution in [-0.4, -0.2) is 47.7 Å². The Hall–Kier alpha value is -2.24. The Balaban J connectivity index is 1.65. The number of likely N-dealkylation sites (tertiary alicyclic amines) is 1. The van der Waals surface area contributed by atoms with Gasteiger partial charge in [-0.2, -0.15) is 0 Å². The molecule has 0 aromatic heterocycles. The van der Waals surface area contributed by atoms with Gasteiger partial charge in [-0.25, -0.2) is 9.79 Å². The molecule has 1 fully saturated rings. The van der Waals surface area contributed by atoms with E-state index in [0.29, 0.717) is 24.7 Å². The zero-order valence-corrected chi connectivity index (χ0v) is 13.1. The normalized spacial score (nSPS) is 23.8. The number of hydrogen-bond donors (Lipinski definition) is 1. The zero-order chi connectivity index (χ0) is 15.9. The Labute approximate surface area is 129 Å². The second-order valence-corrected chi connectivity index (χ2v) is 6.67. The number of anilines is 1. The van der Waals surface area contributed by atoms with Crippen LogP contribution in [0.2, 0.25) is 0 Å². The van der Waals surface area contributed by atoms with Gasteiger partial charge < -0.3 is 20.1 Å². The molecule has 22 heavy (non-hydrogen) atoms. The van der Waals surface area contributed by atoms with E-state index in [0.717, 1.165) is 5.56 Å². The maximum Gasteiger partial charge on any atom is 0.410 e. The highest BCUT2D eigenvalue weighted by Gasteiger charge is 2.42. The molecule has 0 spiro atoms. The number of carbonyl (C=O) groups is 1. The van der Waals surface area contributed by atoms with Gasteiger partial charge in [-0.15, -0.1) is 0 Å². The first-order chi connectivity index (χ1) is 10.3. The average molecular weight is 303 g/mol. The summed E-state index contributed by atoms with van der Waals surface area (Å²) in [6.45, 7) is 6.60. The van der Waals surface area contributed by atoms with Gasteiger partial charge in [0, 0.05) is 11.3 Å². The minimum Gasteiger partial charge on any atom is -0.470 e. The molecule has 2 atom stereocenters. The highest BCUT2D eigenvalue weighted by atomic mass is 16.6. The summed E-state index contributed by atoms with van der Waals surface area (Å²) < 4.78 is 11.3. The maximum absolute atomic E-state index is 12.1. The third-order valence-corrected chi connectivity index (χ3v) is 3.59. The van der Waals surface area contributed by atoms with E-state index in [1.54, 1.807) is 4.90 Å². The number of rotatable bonds is 1. The van der Waals surface area contributed by atoms with Crippen LogP contribution >= 0.6 is 0 Å². The summed E-state index contributed by atoms with van der Waals surface area (Å²) >= 11 is 0. The van der Waals surface area contributed by atoms with Crippen LogP contribution in [0.5, 0.6) is 0 Å². The summed E-state index contributed by atoms with van der Waals surface area (Å²) in [4.78, 5) is 18.3. The molecule has 0 saturated carbocycles. The van der Waals surface area contributed by atoms with E-state index in [1.165, 1.54) is 0 Å². The number of hydrogen-bond acceptors (Lipinski definition) is 5. The maximum atomic E-state index is 12.1. The lowest BCUT2D eigenvalue weighted by Crippen LogP contribution is -2.36. The van der Waals surface area contributed by atoms with E-state index >= 15 is 0 Å². The monoisotopic (exact) mass is 303 g/mol. The van der Waals surface area contributed by atoms with Crippen molar-refractivity contribution in [2.75, 3.05) is 18.8 Å². The molecule has 6 heteroatoms. The van der Waals surface area contributed by atoms with Gasteiger partial charge in [-0.3, -0.25) is 0 Å². The highest BCUT2D eigenvalue weighted by molar-refractivity contribution is 5.95. The third kappa shape index (κ3) is 3.00. The number of aliphatic imine (C=N–C) groups is 1. The predicted octanol–water partition coefficient (Wildman–Crippen LogP) is 2.03. The van der Waals surface area contributed by atoms with Crippen molar-refractivity contribution in [2.24, 2.45) is 4.99 Å². The lowest BCUT2D eigenvalue weighted by molar-refractivity contribution is 0.0272. The molecule has 0 bridgehead atoms. The van der Waals surface area contributed by atoms with E-state index in [-0.39, 0.29) is 18.2 Å². The average Bonchev–Trinajstić information content (AvgIpc) is 2.95. The Bertz CT molecular complexity index is 604. The van der Waals surface area contributed by atoms with Crippen LogP contribution in [0.25, 0.3) is 0 Å². The van der Waals surface area contributed by atoms with Gasteiger partial charge in [-0.05, 0) is 45.0 Å². The molecule has 2 N–H and O–H groups in total. The molecular weight excluding hydrogens is 282 g/mol. The Morgan fingerprint density at radius 2 is 2.00 bits per heavy atom. The topological polar surface area (TPSA) is 77.2 Å². The molecule has 3 rings (SSSR count). The van der Waals surface area contributed by atoms with Crippen molar-refractivity contribution in [3.63, 3.8) is 0 Å². The molecule has 0 radical (unpaired) electrons. The lowest BCUT2D eigenvalue weighted by atomic mass is 10.2. The summed E-state index contributed by atoms with van der Waals surface area (Å²) in [6, 6.07) is 7.40. The first-order valence-corrected chi connectivity index (χ1v) is 7.40. The van der Waals surface area contributed by atoms with E-state index in [1.807, 2.05) is 45.0 Å². The van der Waals surface area contributed by atoms with Crippen LogP contribution in [0.1, 0.15) is 26.3 Å². The summed E-state index contributed by atoms with van der Waals surface area (Å²) in [5.74, 6) is 0.624. The number of amides is 1. The largest absolute Gasteiger partial charge is 0.470 e. The van der Waals surface area contributed by atoms with Crippen molar-refractivity contribution in [2.45, 2.75) is 38.5 Å². The molecule has 1 amide bonds. The minimum absolute atomic E-state index is 0.0277. The van der Waals surface area contributed by atoms with Crippen LogP contribution in [0.3, 0.4) is 0 Å². The molecule has 1 aromatic rings. The minimum atomic E-state index is -0.492. The fourth-order valence-electron chi connectivity index (χ4n) is 2.56. The molecule has 1 saturated heterocycles. The number of carbonyl (C=O) groups excluding carboxylic acids is 1. The Morgan fingerprint density at radius 1 is 1.32 bits per heavy atom.